The number of hydrogen-bond acceptors (Lipinski definition) is 6. The summed E-state index contributed by atoms with van der Waals surface area (Å²) in [7, 11) is -3.45. The Morgan fingerprint density at radius 3 is 2.90 bits per heavy atom. The lowest BCUT2D eigenvalue weighted by molar-refractivity contribution is 0.391. The number of sulfonamides is 1. The molecule has 9 nitrogen and oxygen atoms in total. The Morgan fingerprint density at radius 2 is 2.23 bits per heavy atom. The quantitative estimate of drug-likeness (QED) is 0.195. The van der Waals surface area contributed by atoms with E-state index >= 15 is 0 Å². The average Bonchev–Trinajstić information content (AvgIpc) is 3.35. The van der Waals surface area contributed by atoms with Crippen LogP contribution >= 0.6 is 35.3 Å². The summed E-state index contributed by atoms with van der Waals surface area (Å²) in [5, 5.41) is 13.0. The summed E-state index contributed by atoms with van der Waals surface area (Å²) in [6.07, 6.45) is 1.82. The van der Waals surface area contributed by atoms with Crippen molar-refractivity contribution in [3.05, 3.63) is 29.2 Å². The number of fused-ring (bicyclic) bond motifs is 1. The van der Waals surface area contributed by atoms with E-state index in [0.29, 0.717) is 22.6 Å². The Hall–Kier alpha value is -1.25. The van der Waals surface area contributed by atoms with Crippen LogP contribution in [-0.2, 0) is 23.0 Å². The highest BCUT2D eigenvalue weighted by molar-refractivity contribution is 14.0. The molecule has 0 radical (unpaired) electrons. The number of aromatic nitrogens is 3. The van der Waals surface area contributed by atoms with Crippen LogP contribution in [-0.4, -0.2) is 54.8 Å². The van der Waals surface area contributed by atoms with Gasteiger partial charge in [0.25, 0.3) is 0 Å². The van der Waals surface area contributed by atoms with E-state index in [0.717, 1.165) is 37.6 Å². The van der Waals surface area contributed by atoms with Crippen LogP contribution in [0.2, 0.25) is 0 Å². The van der Waals surface area contributed by atoms with E-state index in [-0.39, 0.29) is 36.6 Å². The molecule has 1 atom stereocenters. The SMILES string of the molecule is CCNC(=NCCNS(=O)(=O)c1cccs1)NC1CCc2nc(C(C)C)nn2C1.I. The Labute approximate surface area is 199 Å². The lowest BCUT2D eigenvalue weighted by atomic mass is 10.1. The molecule has 0 saturated heterocycles. The fourth-order valence-corrected chi connectivity index (χ4v) is 5.10. The predicted molar refractivity (Wildman–Crippen MR) is 130 cm³/mol. The molecule has 3 rings (SSSR count). The van der Waals surface area contributed by atoms with Crippen molar-refractivity contribution < 1.29 is 8.42 Å². The normalized spacial score (nSPS) is 16.8. The third kappa shape index (κ3) is 6.62. The largest absolute Gasteiger partial charge is 0.357 e. The topological polar surface area (TPSA) is 113 Å². The van der Waals surface area contributed by atoms with Crippen LogP contribution in [0.4, 0.5) is 0 Å². The Kier molecular flexibility index (Phi) is 9.50. The maximum atomic E-state index is 12.2. The molecule has 1 unspecified atom stereocenters. The highest BCUT2D eigenvalue weighted by atomic mass is 127. The number of hydrogen-bond donors (Lipinski definition) is 3. The standard InChI is InChI=1S/C18H29N7O2S2.HI/c1-4-19-18(20-9-10-21-29(26,27)16-6-5-11-28-16)22-14-7-8-15-23-17(13(2)3)24-25(15)12-14;/h5-6,11,13-14,21H,4,7-10,12H2,1-3H3,(H2,19,20,22);1H. The van der Waals surface area contributed by atoms with E-state index in [4.69, 9.17) is 0 Å². The predicted octanol–water partition coefficient (Wildman–Crippen LogP) is 1.93. The van der Waals surface area contributed by atoms with Crippen LogP contribution in [0, 0.1) is 0 Å². The molecule has 0 aromatic carbocycles. The first-order valence-electron chi connectivity index (χ1n) is 9.90. The fourth-order valence-electron chi connectivity index (χ4n) is 3.04. The van der Waals surface area contributed by atoms with Gasteiger partial charge in [0, 0.05) is 31.5 Å². The van der Waals surface area contributed by atoms with Gasteiger partial charge in [0.15, 0.2) is 11.8 Å². The van der Waals surface area contributed by atoms with Crippen LogP contribution in [0.3, 0.4) is 0 Å². The van der Waals surface area contributed by atoms with Gasteiger partial charge < -0.3 is 10.6 Å². The molecule has 0 aliphatic carbocycles. The van der Waals surface area contributed by atoms with Crippen LogP contribution in [0.25, 0.3) is 0 Å². The van der Waals surface area contributed by atoms with Crippen LogP contribution < -0.4 is 15.4 Å². The minimum atomic E-state index is -3.45. The zero-order valence-electron chi connectivity index (χ0n) is 17.5. The van der Waals surface area contributed by atoms with E-state index in [1.54, 1.807) is 17.5 Å². The summed E-state index contributed by atoms with van der Waals surface area (Å²) in [4.78, 5) is 9.13. The number of aliphatic imine (C=N–C) groups is 1. The first-order chi connectivity index (χ1) is 13.9. The Morgan fingerprint density at radius 1 is 1.43 bits per heavy atom. The summed E-state index contributed by atoms with van der Waals surface area (Å²) >= 11 is 1.20. The number of nitrogens with zero attached hydrogens (tertiary/aromatic N) is 4. The van der Waals surface area contributed by atoms with Gasteiger partial charge in [0.1, 0.15) is 10.0 Å². The van der Waals surface area contributed by atoms with Gasteiger partial charge in [-0.15, -0.1) is 35.3 Å². The Bertz CT molecular complexity index is 926. The van der Waals surface area contributed by atoms with Crippen LogP contribution in [0.5, 0.6) is 0 Å². The van der Waals surface area contributed by atoms with Gasteiger partial charge in [-0.3, -0.25) is 4.99 Å². The van der Waals surface area contributed by atoms with Crippen molar-refractivity contribution in [1.82, 2.24) is 30.1 Å². The maximum absolute atomic E-state index is 12.2. The monoisotopic (exact) mass is 567 g/mol. The summed E-state index contributed by atoms with van der Waals surface area (Å²) in [5.74, 6) is 2.92. The summed E-state index contributed by atoms with van der Waals surface area (Å²) in [5.41, 5.74) is 0. The molecule has 12 heteroatoms. The molecule has 1 aliphatic rings. The maximum Gasteiger partial charge on any atom is 0.250 e. The van der Waals surface area contributed by atoms with Gasteiger partial charge in [-0.2, -0.15) is 5.10 Å². The molecule has 0 spiro atoms. The van der Waals surface area contributed by atoms with Crippen molar-refractivity contribution in [3.8, 4) is 0 Å². The molecule has 1 aliphatic heterocycles. The third-order valence-corrected chi connectivity index (χ3v) is 7.37. The van der Waals surface area contributed by atoms with Crippen molar-refractivity contribution in [2.24, 2.45) is 4.99 Å². The second kappa shape index (κ2) is 11.4. The van der Waals surface area contributed by atoms with E-state index in [9.17, 15) is 8.42 Å². The van der Waals surface area contributed by atoms with Gasteiger partial charge in [-0.05, 0) is 24.8 Å². The van der Waals surface area contributed by atoms with Gasteiger partial charge in [-0.1, -0.05) is 19.9 Å². The molecule has 168 valence electrons. The first-order valence-corrected chi connectivity index (χ1v) is 12.3. The molecule has 0 fully saturated rings. The third-order valence-electron chi connectivity index (χ3n) is 4.51. The number of rotatable bonds is 8. The van der Waals surface area contributed by atoms with Gasteiger partial charge in [-0.25, -0.2) is 22.8 Å². The fraction of sp³-hybridized carbons (Fsp3) is 0.611. The van der Waals surface area contributed by atoms with Crippen LogP contribution in [0.15, 0.2) is 26.7 Å². The molecular formula is C18H30IN7O2S2. The van der Waals surface area contributed by atoms with E-state index in [1.807, 2.05) is 11.6 Å². The van der Waals surface area contributed by atoms with Gasteiger partial charge in [0.05, 0.1) is 13.1 Å². The Balaban J connectivity index is 0.00000320. The molecule has 2 aromatic heterocycles. The zero-order chi connectivity index (χ0) is 20.9. The second-order valence-corrected chi connectivity index (χ2v) is 10.1. The smallest absolute Gasteiger partial charge is 0.250 e. The average molecular weight is 568 g/mol. The highest BCUT2D eigenvalue weighted by Crippen LogP contribution is 2.17. The minimum absolute atomic E-state index is 0. The summed E-state index contributed by atoms with van der Waals surface area (Å²) < 4.78 is 29.2. The lowest BCUT2D eigenvalue weighted by Gasteiger charge is -2.25. The van der Waals surface area contributed by atoms with Crippen molar-refractivity contribution in [2.75, 3.05) is 19.6 Å². The van der Waals surface area contributed by atoms with Crippen molar-refractivity contribution in [1.29, 1.82) is 0 Å². The number of guanidine groups is 1. The van der Waals surface area contributed by atoms with E-state index < -0.39 is 10.0 Å². The van der Waals surface area contributed by atoms with Crippen molar-refractivity contribution >= 4 is 51.3 Å². The number of nitrogens with one attached hydrogen (secondary N) is 3. The molecule has 3 heterocycles. The molecule has 30 heavy (non-hydrogen) atoms. The molecular weight excluding hydrogens is 537 g/mol. The second-order valence-electron chi connectivity index (χ2n) is 7.19. The van der Waals surface area contributed by atoms with Gasteiger partial charge in [0.2, 0.25) is 10.0 Å². The molecule has 2 aromatic rings. The first kappa shape index (κ1) is 25.0. The van der Waals surface area contributed by atoms with Crippen LogP contribution in [0.1, 0.15) is 44.8 Å². The highest BCUT2D eigenvalue weighted by Gasteiger charge is 2.23. The van der Waals surface area contributed by atoms with Crippen molar-refractivity contribution in [2.45, 2.75) is 56.3 Å². The number of aryl methyl sites for hydroxylation is 1. The summed E-state index contributed by atoms with van der Waals surface area (Å²) in [6, 6.07) is 3.51. The molecule has 3 N–H and O–H groups in total. The zero-order valence-corrected chi connectivity index (χ0v) is 21.4. The minimum Gasteiger partial charge on any atom is -0.357 e. The van der Waals surface area contributed by atoms with E-state index in [1.165, 1.54) is 11.3 Å². The summed E-state index contributed by atoms with van der Waals surface area (Å²) in [6.45, 7) is 8.25. The van der Waals surface area contributed by atoms with Crippen molar-refractivity contribution in [3.63, 3.8) is 0 Å². The lowest BCUT2D eigenvalue weighted by Crippen LogP contribution is -2.47. The van der Waals surface area contributed by atoms with Gasteiger partial charge >= 0.3 is 0 Å². The molecule has 0 amide bonds. The molecule has 0 saturated carbocycles. The van der Waals surface area contributed by atoms with E-state index in [2.05, 4.69) is 44.3 Å². The number of thiophene rings is 1. The number of halogens is 1. The molecule has 0 bridgehead atoms.